The molecule has 1 N–H and O–H groups in total. The van der Waals surface area contributed by atoms with Gasteiger partial charge >= 0.3 is 0 Å². The summed E-state index contributed by atoms with van der Waals surface area (Å²) in [5.74, 6) is 0. The number of benzene rings is 1. The van der Waals surface area contributed by atoms with E-state index in [1.807, 2.05) is 6.07 Å². The van der Waals surface area contributed by atoms with Crippen molar-refractivity contribution in [1.82, 2.24) is 4.90 Å². The van der Waals surface area contributed by atoms with Gasteiger partial charge in [0.2, 0.25) is 0 Å². The zero-order valence-corrected chi connectivity index (χ0v) is 9.87. The lowest BCUT2D eigenvalue weighted by Gasteiger charge is -2.09. The van der Waals surface area contributed by atoms with Gasteiger partial charge in [-0.05, 0) is 45.6 Å². The fourth-order valence-corrected chi connectivity index (χ4v) is 1.52. The molecular weight excluding hydrogens is 184 g/mol. The minimum absolute atomic E-state index is 1.08. The molecule has 0 radical (unpaired) electrons. The molecule has 0 aliphatic carbocycles. The number of nitrogens with zero attached hydrogens (tertiary/aromatic N) is 1. The summed E-state index contributed by atoms with van der Waals surface area (Å²) in [6, 6.07) is 10.4. The van der Waals surface area contributed by atoms with Crippen LogP contribution in [0.2, 0.25) is 0 Å². The third-order valence-electron chi connectivity index (χ3n) is 2.39. The van der Waals surface area contributed by atoms with Crippen LogP contribution in [0.25, 0.3) is 0 Å². The molecule has 2 nitrogen and oxygen atoms in total. The number of nitrogens with one attached hydrogen (secondary N) is 1. The van der Waals surface area contributed by atoms with Crippen LogP contribution in [-0.2, 0) is 0 Å². The van der Waals surface area contributed by atoms with E-state index in [-0.39, 0.29) is 0 Å². The first-order chi connectivity index (χ1) is 7.29. The average Bonchev–Trinajstić information content (AvgIpc) is 2.24. The molecule has 0 atom stereocenters. The lowest BCUT2D eigenvalue weighted by molar-refractivity contribution is 0.393. The number of para-hydroxylation sites is 1. The largest absolute Gasteiger partial charge is 0.385 e. The Morgan fingerprint density at radius 1 is 1.00 bits per heavy atom. The van der Waals surface area contributed by atoms with Gasteiger partial charge in [0, 0.05) is 12.2 Å². The average molecular weight is 206 g/mol. The van der Waals surface area contributed by atoms with E-state index in [2.05, 4.69) is 48.6 Å². The first-order valence-electron chi connectivity index (χ1n) is 5.72. The summed E-state index contributed by atoms with van der Waals surface area (Å²) < 4.78 is 0. The molecule has 0 amide bonds. The molecule has 0 aliphatic heterocycles. The zero-order chi connectivity index (χ0) is 10.9. The Bertz CT molecular complexity index is 244. The Labute approximate surface area is 93.3 Å². The molecule has 0 saturated heterocycles. The SMILES string of the molecule is CN(C)CCCCCNc1ccccc1. The summed E-state index contributed by atoms with van der Waals surface area (Å²) in [5.41, 5.74) is 1.23. The Hall–Kier alpha value is -1.02. The predicted molar refractivity (Wildman–Crippen MR) is 67.3 cm³/mol. The quantitative estimate of drug-likeness (QED) is 0.690. The predicted octanol–water partition coefficient (Wildman–Crippen LogP) is 2.83. The lowest BCUT2D eigenvalue weighted by atomic mass is 10.2. The Kier molecular flexibility index (Phi) is 5.86. The second kappa shape index (κ2) is 7.30. The molecule has 0 unspecified atom stereocenters. The lowest BCUT2D eigenvalue weighted by Crippen LogP contribution is -2.13. The van der Waals surface area contributed by atoms with Crippen LogP contribution >= 0.6 is 0 Å². The van der Waals surface area contributed by atoms with E-state index in [1.54, 1.807) is 0 Å². The molecule has 0 fully saturated rings. The van der Waals surface area contributed by atoms with Gasteiger partial charge in [0.1, 0.15) is 0 Å². The third-order valence-corrected chi connectivity index (χ3v) is 2.39. The van der Waals surface area contributed by atoms with Crippen LogP contribution in [0.15, 0.2) is 30.3 Å². The van der Waals surface area contributed by atoms with Crippen molar-refractivity contribution in [1.29, 1.82) is 0 Å². The second-order valence-electron chi connectivity index (χ2n) is 4.16. The van der Waals surface area contributed by atoms with Gasteiger partial charge < -0.3 is 10.2 Å². The maximum absolute atomic E-state index is 3.42. The monoisotopic (exact) mass is 206 g/mol. The normalized spacial score (nSPS) is 10.6. The number of hydrogen-bond donors (Lipinski definition) is 1. The van der Waals surface area contributed by atoms with Crippen molar-refractivity contribution < 1.29 is 0 Å². The molecule has 0 bridgehead atoms. The molecule has 0 heterocycles. The molecular formula is C13H22N2. The maximum atomic E-state index is 3.42. The van der Waals surface area contributed by atoms with Crippen molar-refractivity contribution in [2.45, 2.75) is 19.3 Å². The molecule has 15 heavy (non-hydrogen) atoms. The van der Waals surface area contributed by atoms with Crippen LogP contribution in [0.4, 0.5) is 5.69 Å². The summed E-state index contributed by atoms with van der Waals surface area (Å²) in [4.78, 5) is 2.24. The van der Waals surface area contributed by atoms with Gasteiger partial charge in [0.15, 0.2) is 0 Å². The molecule has 0 aromatic heterocycles. The molecule has 1 aromatic rings. The standard InChI is InChI=1S/C13H22N2/c1-15(2)12-8-4-7-11-14-13-9-5-3-6-10-13/h3,5-6,9-10,14H,4,7-8,11-12H2,1-2H3. The summed E-state index contributed by atoms with van der Waals surface area (Å²) in [6.07, 6.45) is 3.85. The molecule has 0 spiro atoms. The van der Waals surface area contributed by atoms with Gasteiger partial charge in [-0.15, -0.1) is 0 Å². The van der Waals surface area contributed by atoms with Gasteiger partial charge in [-0.2, -0.15) is 0 Å². The van der Waals surface area contributed by atoms with Crippen molar-refractivity contribution in [3.05, 3.63) is 30.3 Å². The minimum Gasteiger partial charge on any atom is -0.385 e. The zero-order valence-electron chi connectivity index (χ0n) is 9.87. The maximum Gasteiger partial charge on any atom is 0.0340 e. The van der Waals surface area contributed by atoms with Crippen molar-refractivity contribution in [2.75, 3.05) is 32.5 Å². The first kappa shape index (κ1) is 12.1. The highest BCUT2D eigenvalue weighted by Gasteiger charge is 1.92. The summed E-state index contributed by atoms with van der Waals surface area (Å²) in [5, 5.41) is 3.42. The second-order valence-corrected chi connectivity index (χ2v) is 4.16. The highest BCUT2D eigenvalue weighted by molar-refractivity contribution is 5.42. The Morgan fingerprint density at radius 3 is 2.40 bits per heavy atom. The summed E-state index contributed by atoms with van der Waals surface area (Å²) in [6.45, 7) is 2.28. The number of hydrogen-bond acceptors (Lipinski definition) is 2. The van der Waals surface area contributed by atoms with E-state index in [9.17, 15) is 0 Å². The van der Waals surface area contributed by atoms with E-state index < -0.39 is 0 Å². The molecule has 2 heteroatoms. The Morgan fingerprint density at radius 2 is 1.73 bits per heavy atom. The molecule has 1 aromatic carbocycles. The smallest absolute Gasteiger partial charge is 0.0340 e. The highest BCUT2D eigenvalue weighted by Crippen LogP contribution is 2.05. The van der Waals surface area contributed by atoms with E-state index in [0.717, 1.165) is 6.54 Å². The fourth-order valence-electron chi connectivity index (χ4n) is 1.52. The van der Waals surface area contributed by atoms with Crippen molar-refractivity contribution >= 4 is 5.69 Å². The molecule has 0 aliphatic rings. The van der Waals surface area contributed by atoms with E-state index in [0.29, 0.717) is 0 Å². The molecule has 1 rings (SSSR count). The van der Waals surface area contributed by atoms with Crippen molar-refractivity contribution in [3.63, 3.8) is 0 Å². The minimum atomic E-state index is 1.08. The van der Waals surface area contributed by atoms with E-state index in [1.165, 1.54) is 31.5 Å². The van der Waals surface area contributed by atoms with Crippen LogP contribution in [0.5, 0.6) is 0 Å². The van der Waals surface area contributed by atoms with Crippen LogP contribution in [0.1, 0.15) is 19.3 Å². The van der Waals surface area contributed by atoms with Crippen LogP contribution in [0, 0.1) is 0 Å². The van der Waals surface area contributed by atoms with Crippen molar-refractivity contribution in [2.24, 2.45) is 0 Å². The number of anilines is 1. The summed E-state index contributed by atoms with van der Waals surface area (Å²) in [7, 11) is 4.25. The Balaban J connectivity index is 1.98. The van der Waals surface area contributed by atoms with Gasteiger partial charge in [0.05, 0.1) is 0 Å². The van der Waals surface area contributed by atoms with Gasteiger partial charge in [-0.3, -0.25) is 0 Å². The molecule has 0 saturated carbocycles. The van der Waals surface area contributed by atoms with Crippen LogP contribution in [0.3, 0.4) is 0 Å². The van der Waals surface area contributed by atoms with Crippen LogP contribution in [-0.4, -0.2) is 32.1 Å². The van der Waals surface area contributed by atoms with Gasteiger partial charge in [0.25, 0.3) is 0 Å². The highest BCUT2D eigenvalue weighted by atomic mass is 15.0. The molecule has 84 valence electrons. The number of rotatable bonds is 7. The van der Waals surface area contributed by atoms with Gasteiger partial charge in [-0.1, -0.05) is 24.6 Å². The van der Waals surface area contributed by atoms with Crippen molar-refractivity contribution in [3.8, 4) is 0 Å². The number of unbranched alkanes of at least 4 members (excludes halogenated alkanes) is 2. The summed E-state index contributed by atoms with van der Waals surface area (Å²) >= 11 is 0. The third kappa shape index (κ3) is 6.13. The van der Waals surface area contributed by atoms with Gasteiger partial charge in [-0.25, -0.2) is 0 Å². The van der Waals surface area contributed by atoms with E-state index in [4.69, 9.17) is 0 Å². The fraction of sp³-hybridized carbons (Fsp3) is 0.538. The topological polar surface area (TPSA) is 15.3 Å². The first-order valence-corrected chi connectivity index (χ1v) is 5.72. The van der Waals surface area contributed by atoms with E-state index >= 15 is 0 Å². The van der Waals surface area contributed by atoms with Crippen LogP contribution < -0.4 is 5.32 Å².